The number of fused-ring (bicyclic) bond motifs is 3. The molecule has 1 N–H and O–H groups in total. The number of carbonyl (C=O) groups excluding carboxylic acids is 1. The highest BCUT2D eigenvalue weighted by atomic mass is 32.1. The van der Waals surface area contributed by atoms with Gasteiger partial charge in [-0.05, 0) is 17.5 Å². The summed E-state index contributed by atoms with van der Waals surface area (Å²) in [4.78, 5) is 31.8. The Hall–Kier alpha value is -3.28. The number of rotatable bonds is 4. The lowest BCUT2D eigenvalue weighted by atomic mass is 10.5. The molecule has 0 atom stereocenters. The van der Waals surface area contributed by atoms with E-state index in [1.807, 2.05) is 0 Å². The summed E-state index contributed by atoms with van der Waals surface area (Å²) >= 11 is 1.30. The van der Waals surface area contributed by atoms with E-state index in [-0.39, 0.29) is 11.5 Å². The number of nitrogens with zero attached hydrogens (tertiary/aromatic N) is 5. The minimum Gasteiger partial charge on any atom is -0.293 e. The van der Waals surface area contributed by atoms with Crippen LogP contribution < -0.4 is 10.9 Å². The first kappa shape index (κ1) is 17.1. The van der Waals surface area contributed by atoms with Gasteiger partial charge in [-0.25, -0.2) is 27.8 Å². The number of thiophene rings is 1. The van der Waals surface area contributed by atoms with E-state index >= 15 is 0 Å². The standard InChI is InChI=1S/C15H9F3N6O2S/c16-7-4-19-15(20-5-7)21-11(25)6-23-14(26)9-3-10-8(1-2-27-10)24(9)13(22-23)12(17)18/h1-5,12H,6H2,(H,19,20,21,25). The van der Waals surface area contributed by atoms with Gasteiger partial charge in [-0.2, -0.15) is 0 Å². The van der Waals surface area contributed by atoms with Gasteiger partial charge in [0.05, 0.1) is 22.6 Å². The van der Waals surface area contributed by atoms with Gasteiger partial charge in [0.1, 0.15) is 12.1 Å². The molecule has 0 saturated heterocycles. The first-order valence-corrected chi connectivity index (χ1v) is 8.37. The second kappa shape index (κ2) is 6.46. The molecule has 4 heterocycles. The fourth-order valence-corrected chi connectivity index (χ4v) is 3.40. The molecule has 138 valence electrons. The summed E-state index contributed by atoms with van der Waals surface area (Å²) in [6.07, 6.45) is -1.26. The molecule has 0 aliphatic carbocycles. The highest BCUT2D eigenvalue weighted by molar-refractivity contribution is 7.17. The molecule has 0 saturated carbocycles. The molecule has 0 bridgehead atoms. The Bertz CT molecular complexity index is 1210. The Labute approximate surface area is 151 Å². The number of aromatic nitrogens is 5. The predicted molar refractivity (Wildman–Crippen MR) is 90.4 cm³/mol. The van der Waals surface area contributed by atoms with Crippen molar-refractivity contribution in [3.05, 3.63) is 51.9 Å². The van der Waals surface area contributed by atoms with Gasteiger partial charge >= 0.3 is 0 Å². The fourth-order valence-electron chi connectivity index (χ4n) is 2.60. The first-order valence-electron chi connectivity index (χ1n) is 7.49. The van der Waals surface area contributed by atoms with Crippen LogP contribution in [0.5, 0.6) is 0 Å². The van der Waals surface area contributed by atoms with Gasteiger partial charge in [0.15, 0.2) is 5.82 Å². The molecule has 4 rings (SSSR count). The zero-order valence-corrected chi connectivity index (χ0v) is 14.1. The van der Waals surface area contributed by atoms with Crippen LogP contribution in [0, 0.1) is 5.82 Å². The molecular formula is C15H9F3N6O2S. The summed E-state index contributed by atoms with van der Waals surface area (Å²) in [6.45, 7) is -0.630. The zero-order chi connectivity index (χ0) is 19.1. The molecule has 4 aromatic heterocycles. The maximum atomic E-state index is 13.5. The number of halogens is 3. The molecule has 0 unspecified atom stereocenters. The van der Waals surface area contributed by atoms with E-state index < -0.39 is 36.1 Å². The number of hydrogen-bond acceptors (Lipinski definition) is 6. The number of nitrogens with one attached hydrogen (secondary N) is 1. The van der Waals surface area contributed by atoms with E-state index in [2.05, 4.69) is 20.4 Å². The molecule has 0 aliphatic rings. The molecule has 0 aromatic carbocycles. The normalized spacial score (nSPS) is 11.6. The number of amides is 1. The first-order chi connectivity index (χ1) is 12.9. The maximum absolute atomic E-state index is 13.5. The Morgan fingerprint density at radius 3 is 2.70 bits per heavy atom. The van der Waals surface area contributed by atoms with Crippen molar-refractivity contribution in [1.82, 2.24) is 24.1 Å². The number of alkyl halides is 2. The second-order valence-electron chi connectivity index (χ2n) is 5.43. The van der Waals surface area contributed by atoms with E-state index in [4.69, 9.17) is 0 Å². The molecule has 1 amide bonds. The fraction of sp³-hybridized carbons (Fsp3) is 0.133. The van der Waals surface area contributed by atoms with Crippen LogP contribution in [0.4, 0.5) is 19.1 Å². The monoisotopic (exact) mass is 394 g/mol. The van der Waals surface area contributed by atoms with E-state index in [1.54, 1.807) is 11.4 Å². The van der Waals surface area contributed by atoms with E-state index in [9.17, 15) is 22.8 Å². The van der Waals surface area contributed by atoms with Crippen LogP contribution in [0.3, 0.4) is 0 Å². The summed E-state index contributed by atoms with van der Waals surface area (Å²) < 4.78 is 42.2. The van der Waals surface area contributed by atoms with Crippen LogP contribution in [0.15, 0.2) is 34.7 Å². The van der Waals surface area contributed by atoms with E-state index in [0.29, 0.717) is 14.9 Å². The van der Waals surface area contributed by atoms with Gasteiger partial charge in [0, 0.05) is 0 Å². The topological polar surface area (TPSA) is 94.2 Å². The quantitative estimate of drug-likeness (QED) is 0.573. The lowest BCUT2D eigenvalue weighted by Gasteiger charge is -2.10. The van der Waals surface area contributed by atoms with Crippen LogP contribution in [0.25, 0.3) is 15.7 Å². The van der Waals surface area contributed by atoms with Crippen LogP contribution in [-0.4, -0.2) is 30.1 Å². The highest BCUT2D eigenvalue weighted by Gasteiger charge is 2.22. The van der Waals surface area contributed by atoms with Crippen molar-refractivity contribution >= 4 is 38.9 Å². The maximum Gasteiger partial charge on any atom is 0.297 e. The molecule has 0 aliphatic heterocycles. The lowest BCUT2D eigenvalue weighted by Crippen LogP contribution is -2.32. The summed E-state index contributed by atoms with van der Waals surface area (Å²) in [5.41, 5.74) is -0.253. The number of carbonyl (C=O) groups is 1. The van der Waals surface area contributed by atoms with Crippen molar-refractivity contribution in [3.63, 3.8) is 0 Å². The van der Waals surface area contributed by atoms with Gasteiger partial charge in [0.2, 0.25) is 17.7 Å². The lowest BCUT2D eigenvalue weighted by molar-refractivity contribution is -0.117. The summed E-state index contributed by atoms with van der Waals surface area (Å²) in [6, 6.07) is 3.09. The molecule has 27 heavy (non-hydrogen) atoms. The summed E-state index contributed by atoms with van der Waals surface area (Å²) in [5.74, 6) is -2.29. The Balaban J connectivity index is 1.73. The van der Waals surface area contributed by atoms with Crippen LogP contribution in [-0.2, 0) is 11.3 Å². The van der Waals surface area contributed by atoms with E-state index in [0.717, 1.165) is 16.8 Å². The van der Waals surface area contributed by atoms with Gasteiger partial charge in [-0.3, -0.25) is 19.3 Å². The third kappa shape index (κ3) is 3.03. The van der Waals surface area contributed by atoms with Crippen molar-refractivity contribution in [2.75, 3.05) is 5.32 Å². The highest BCUT2D eigenvalue weighted by Crippen LogP contribution is 2.27. The predicted octanol–water partition coefficient (Wildman–Crippen LogP) is 2.22. The largest absolute Gasteiger partial charge is 0.297 e. The number of hydrogen-bond donors (Lipinski definition) is 1. The molecular weight excluding hydrogens is 385 g/mol. The van der Waals surface area contributed by atoms with Gasteiger partial charge in [0.25, 0.3) is 12.0 Å². The number of anilines is 1. The molecule has 4 aromatic rings. The molecule has 0 spiro atoms. The van der Waals surface area contributed by atoms with Gasteiger partial charge in [-0.1, -0.05) is 0 Å². The SMILES string of the molecule is O=C(Cn1nc(C(F)F)n2c(cc3sccc32)c1=O)Nc1ncc(F)cn1. The zero-order valence-electron chi connectivity index (χ0n) is 13.3. The minimum absolute atomic E-state index is 0.00650. The Morgan fingerprint density at radius 2 is 2.00 bits per heavy atom. The average Bonchev–Trinajstić information content (AvgIpc) is 3.21. The van der Waals surface area contributed by atoms with Crippen LogP contribution in [0.2, 0.25) is 0 Å². The van der Waals surface area contributed by atoms with Crippen molar-refractivity contribution < 1.29 is 18.0 Å². The van der Waals surface area contributed by atoms with Crippen LogP contribution in [0.1, 0.15) is 12.2 Å². The third-order valence-corrected chi connectivity index (χ3v) is 4.54. The van der Waals surface area contributed by atoms with Crippen molar-refractivity contribution in [2.45, 2.75) is 13.0 Å². The van der Waals surface area contributed by atoms with Crippen molar-refractivity contribution in [1.29, 1.82) is 0 Å². The molecule has 0 radical (unpaired) electrons. The average molecular weight is 394 g/mol. The van der Waals surface area contributed by atoms with Gasteiger partial charge < -0.3 is 0 Å². The molecule has 0 fully saturated rings. The Morgan fingerprint density at radius 1 is 1.26 bits per heavy atom. The van der Waals surface area contributed by atoms with Crippen LogP contribution >= 0.6 is 11.3 Å². The minimum atomic E-state index is -2.96. The molecule has 8 nitrogen and oxygen atoms in total. The summed E-state index contributed by atoms with van der Waals surface area (Å²) in [7, 11) is 0. The summed E-state index contributed by atoms with van der Waals surface area (Å²) in [5, 5.41) is 7.62. The second-order valence-corrected chi connectivity index (χ2v) is 6.38. The molecule has 12 heteroatoms. The van der Waals surface area contributed by atoms with Crippen molar-refractivity contribution in [3.8, 4) is 0 Å². The van der Waals surface area contributed by atoms with Crippen molar-refractivity contribution in [2.24, 2.45) is 0 Å². The Kier molecular flexibility index (Phi) is 4.11. The van der Waals surface area contributed by atoms with E-state index in [1.165, 1.54) is 17.4 Å². The van der Waals surface area contributed by atoms with Gasteiger partial charge in [-0.15, -0.1) is 16.4 Å². The third-order valence-electron chi connectivity index (χ3n) is 3.69. The smallest absolute Gasteiger partial charge is 0.293 e.